The number of para-hydroxylation sites is 1. The third-order valence-electron chi connectivity index (χ3n) is 2.73. The quantitative estimate of drug-likeness (QED) is 0.849. The predicted molar refractivity (Wildman–Crippen MR) is 72.2 cm³/mol. The molecule has 1 rings (SSSR count). The highest BCUT2D eigenvalue weighted by Gasteiger charge is 2.16. The first kappa shape index (κ1) is 14.0. The average Bonchev–Trinajstić information content (AvgIpc) is 2.30. The maximum atomic E-state index is 11.9. The molecule has 3 nitrogen and oxygen atoms in total. The highest BCUT2D eigenvalue weighted by molar-refractivity contribution is 7.91. The molecule has 0 saturated carbocycles. The summed E-state index contributed by atoms with van der Waals surface area (Å²) in [6.07, 6.45) is 2.11. The lowest BCUT2D eigenvalue weighted by atomic mass is 10.2. The van der Waals surface area contributed by atoms with Crippen LogP contribution in [0.5, 0.6) is 0 Å². The van der Waals surface area contributed by atoms with E-state index >= 15 is 0 Å². The molecule has 0 radical (unpaired) electrons. The van der Waals surface area contributed by atoms with Crippen molar-refractivity contribution in [3.05, 3.63) is 24.3 Å². The summed E-state index contributed by atoms with van der Waals surface area (Å²) in [6, 6.07) is 7.40. The SMILES string of the molecule is CCCC(C)Nc1ccccc1S(=O)(=O)CC. The van der Waals surface area contributed by atoms with Crippen molar-refractivity contribution in [3.63, 3.8) is 0 Å². The first-order valence-electron chi connectivity index (χ1n) is 6.09. The fraction of sp³-hybridized carbons (Fsp3) is 0.538. The van der Waals surface area contributed by atoms with Gasteiger partial charge in [0.2, 0.25) is 0 Å². The molecule has 4 heteroatoms. The minimum Gasteiger partial charge on any atom is -0.382 e. The Kier molecular flexibility index (Phi) is 5.00. The Balaban J connectivity index is 3.01. The molecular weight excluding hydrogens is 234 g/mol. The van der Waals surface area contributed by atoms with Crippen molar-refractivity contribution in [2.75, 3.05) is 11.1 Å². The number of benzene rings is 1. The average molecular weight is 255 g/mol. The van der Waals surface area contributed by atoms with Crippen LogP contribution >= 0.6 is 0 Å². The molecule has 17 heavy (non-hydrogen) atoms. The van der Waals surface area contributed by atoms with Crippen LogP contribution in [0, 0.1) is 0 Å². The predicted octanol–water partition coefficient (Wildman–Crippen LogP) is 3.08. The van der Waals surface area contributed by atoms with Gasteiger partial charge in [-0.15, -0.1) is 0 Å². The van der Waals surface area contributed by atoms with Gasteiger partial charge in [-0.1, -0.05) is 32.4 Å². The molecule has 0 bridgehead atoms. The Labute approximate surface area is 104 Å². The first-order chi connectivity index (χ1) is 8.01. The van der Waals surface area contributed by atoms with Crippen LogP contribution in [-0.4, -0.2) is 20.2 Å². The van der Waals surface area contributed by atoms with Crippen molar-refractivity contribution < 1.29 is 8.42 Å². The van der Waals surface area contributed by atoms with Crippen molar-refractivity contribution >= 4 is 15.5 Å². The van der Waals surface area contributed by atoms with E-state index < -0.39 is 9.84 Å². The minimum atomic E-state index is -3.15. The van der Waals surface area contributed by atoms with Gasteiger partial charge in [0.15, 0.2) is 9.84 Å². The van der Waals surface area contributed by atoms with E-state index in [1.54, 1.807) is 19.1 Å². The van der Waals surface area contributed by atoms with E-state index in [-0.39, 0.29) is 11.8 Å². The van der Waals surface area contributed by atoms with Crippen molar-refractivity contribution in [2.24, 2.45) is 0 Å². The maximum absolute atomic E-state index is 11.9. The second-order valence-electron chi connectivity index (χ2n) is 4.23. The summed E-state index contributed by atoms with van der Waals surface area (Å²) in [5.74, 6) is 0.133. The van der Waals surface area contributed by atoms with Crippen LogP contribution < -0.4 is 5.32 Å². The first-order valence-corrected chi connectivity index (χ1v) is 7.74. The second-order valence-corrected chi connectivity index (χ2v) is 6.48. The lowest BCUT2D eigenvalue weighted by molar-refractivity contribution is 0.597. The summed E-state index contributed by atoms with van der Waals surface area (Å²) in [7, 11) is -3.15. The van der Waals surface area contributed by atoms with Crippen LogP contribution in [0.1, 0.15) is 33.6 Å². The van der Waals surface area contributed by atoms with E-state index in [2.05, 4.69) is 19.2 Å². The van der Waals surface area contributed by atoms with Gasteiger partial charge in [-0.2, -0.15) is 0 Å². The molecular formula is C13H21NO2S. The number of anilines is 1. The Morgan fingerprint density at radius 3 is 2.47 bits per heavy atom. The van der Waals surface area contributed by atoms with E-state index in [1.807, 2.05) is 12.1 Å². The number of sulfone groups is 1. The zero-order valence-electron chi connectivity index (χ0n) is 10.7. The van der Waals surface area contributed by atoms with Crippen molar-refractivity contribution in [2.45, 2.75) is 44.6 Å². The minimum absolute atomic E-state index is 0.133. The number of nitrogens with one attached hydrogen (secondary N) is 1. The van der Waals surface area contributed by atoms with Crippen LogP contribution in [-0.2, 0) is 9.84 Å². The molecule has 0 fully saturated rings. The highest BCUT2D eigenvalue weighted by atomic mass is 32.2. The molecule has 0 spiro atoms. The lowest BCUT2D eigenvalue weighted by Crippen LogP contribution is -2.17. The number of hydrogen-bond donors (Lipinski definition) is 1. The third-order valence-corrected chi connectivity index (χ3v) is 4.51. The van der Waals surface area contributed by atoms with E-state index in [9.17, 15) is 8.42 Å². The number of hydrogen-bond acceptors (Lipinski definition) is 3. The molecule has 1 atom stereocenters. The standard InChI is InChI=1S/C13H21NO2S/c1-4-8-11(3)14-12-9-6-7-10-13(12)17(15,16)5-2/h6-7,9-11,14H,4-5,8H2,1-3H3. The summed E-state index contributed by atoms with van der Waals surface area (Å²) >= 11 is 0. The summed E-state index contributed by atoms with van der Waals surface area (Å²) in [6.45, 7) is 5.85. The van der Waals surface area contributed by atoms with Gasteiger partial charge in [0, 0.05) is 6.04 Å². The molecule has 1 aromatic carbocycles. The van der Waals surface area contributed by atoms with Gasteiger partial charge in [0.25, 0.3) is 0 Å². The topological polar surface area (TPSA) is 46.2 Å². The summed E-state index contributed by atoms with van der Waals surface area (Å²) in [5, 5.41) is 3.27. The fourth-order valence-corrected chi connectivity index (χ4v) is 2.84. The van der Waals surface area contributed by atoms with Gasteiger partial charge in [-0.3, -0.25) is 0 Å². The number of rotatable bonds is 6. The van der Waals surface area contributed by atoms with Crippen LogP contribution in [0.25, 0.3) is 0 Å². The van der Waals surface area contributed by atoms with E-state index in [4.69, 9.17) is 0 Å². The van der Waals surface area contributed by atoms with E-state index in [0.29, 0.717) is 4.90 Å². The maximum Gasteiger partial charge on any atom is 0.180 e. The van der Waals surface area contributed by atoms with Gasteiger partial charge >= 0.3 is 0 Å². The summed E-state index contributed by atoms with van der Waals surface area (Å²) in [5.41, 5.74) is 0.718. The van der Waals surface area contributed by atoms with Gasteiger partial charge in [-0.25, -0.2) is 8.42 Å². The van der Waals surface area contributed by atoms with Gasteiger partial charge in [0.05, 0.1) is 16.3 Å². The molecule has 0 amide bonds. The second kappa shape index (κ2) is 6.05. The lowest BCUT2D eigenvalue weighted by Gasteiger charge is -2.17. The molecule has 0 aliphatic heterocycles. The molecule has 1 aromatic rings. The molecule has 1 N–H and O–H groups in total. The van der Waals surface area contributed by atoms with Gasteiger partial charge < -0.3 is 5.32 Å². The molecule has 0 aliphatic carbocycles. The summed E-state index contributed by atoms with van der Waals surface area (Å²) in [4.78, 5) is 0.408. The molecule has 96 valence electrons. The van der Waals surface area contributed by atoms with Crippen LogP contribution in [0.4, 0.5) is 5.69 Å². The van der Waals surface area contributed by atoms with E-state index in [0.717, 1.165) is 18.5 Å². The molecule has 0 heterocycles. The molecule has 1 unspecified atom stereocenters. The van der Waals surface area contributed by atoms with Crippen LogP contribution in [0.3, 0.4) is 0 Å². The van der Waals surface area contributed by atoms with Crippen molar-refractivity contribution in [1.82, 2.24) is 0 Å². The van der Waals surface area contributed by atoms with Gasteiger partial charge in [0.1, 0.15) is 0 Å². The third kappa shape index (κ3) is 3.73. The zero-order chi connectivity index (χ0) is 12.9. The van der Waals surface area contributed by atoms with Crippen molar-refractivity contribution in [3.8, 4) is 0 Å². The van der Waals surface area contributed by atoms with E-state index in [1.165, 1.54) is 0 Å². The Hall–Kier alpha value is -1.03. The largest absolute Gasteiger partial charge is 0.382 e. The molecule has 0 aromatic heterocycles. The fourth-order valence-electron chi connectivity index (χ4n) is 1.78. The van der Waals surface area contributed by atoms with Crippen LogP contribution in [0.15, 0.2) is 29.2 Å². The normalized spacial score (nSPS) is 13.4. The van der Waals surface area contributed by atoms with Gasteiger partial charge in [-0.05, 0) is 25.5 Å². The Morgan fingerprint density at radius 2 is 1.88 bits per heavy atom. The molecule has 0 saturated heterocycles. The van der Waals surface area contributed by atoms with Crippen molar-refractivity contribution in [1.29, 1.82) is 0 Å². The highest BCUT2D eigenvalue weighted by Crippen LogP contribution is 2.23. The van der Waals surface area contributed by atoms with Crippen LogP contribution in [0.2, 0.25) is 0 Å². The zero-order valence-corrected chi connectivity index (χ0v) is 11.5. The molecule has 0 aliphatic rings. The Bertz CT molecular complexity index is 454. The monoisotopic (exact) mass is 255 g/mol. The smallest absolute Gasteiger partial charge is 0.180 e. The summed E-state index contributed by atoms with van der Waals surface area (Å²) < 4.78 is 23.8. The Morgan fingerprint density at radius 1 is 1.24 bits per heavy atom.